The summed E-state index contributed by atoms with van der Waals surface area (Å²) in [6.07, 6.45) is 3.82. The van der Waals surface area contributed by atoms with Gasteiger partial charge in [-0.05, 0) is 30.6 Å². The molecule has 3 rings (SSSR count). The standard InChI is InChI=1S/C16H23N3OS/c21-16-17-12-18(9-8-14-5-2-1-3-6-14)13-19(16)11-15-7-4-10-20-15/h1-3,5-6,15H,4,7-13H2,(H,17,21)/p+1/t15-/m1/s1. The van der Waals surface area contributed by atoms with Gasteiger partial charge in [0.25, 0.3) is 0 Å². The van der Waals surface area contributed by atoms with Gasteiger partial charge in [-0.1, -0.05) is 30.3 Å². The Morgan fingerprint density at radius 2 is 2.19 bits per heavy atom. The molecule has 0 spiro atoms. The van der Waals surface area contributed by atoms with Crippen LogP contribution in [-0.2, 0) is 11.2 Å². The van der Waals surface area contributed by atoms with Crippen LogP contribution in [0.1, 0.15) is 18.4 Å². The summed E-state index contributed by atoms with van der Waals surface area (Å²) in [6, 6.07) is 10.7. The average molecular weight is 306 g/mol. The highest BCUT2D eigenvalue weighted by Crippen LogP contribution is 2.13. The van der Waals surface area contributed by atoms with Crippen LogP contribution in [0.2, 0.25) is 0 Å². The Bertz CT molecular complexity index is 462. The van der Waals surface area contributed by atoms with Crippen molar-refractivity contribution in [1.82, 2.24) is 10.2 Å². The van der Waals surface area contributed by atoms with E-state index in [-0.39, 0.29) is 0 Å². The van der Waals surface area contributed by atoms with Crippen molar-refractivity contribution >= 4 is 17.3 Å². The van der Waals surface area contributed by atoms with Crippen molar-refractivity contribution in [3.05, 3.63) is 35.9 Å². The van der Waals surface area contributed by atoms with Crippen LogP contribution in [0, 0.1) is 0 Å². The summed E-state index contributed by atoms with van der Waals surface area (Å²) in [5.41, 5.74) is 1.41. The molecule has 114 valence electrons. The van der Waals surface area contributed by atoms with Gasteiger partial charge < -0.3 is 15.0 Å². The molecule has 2 fully saturated rings. The van der Waals surface area contributed by atoms with Gasteiger partial charge in [0.15, 0.2) is 18.4 Å². The van der Waals surface area contributed by atoms with E-state index >= 15 is 0 Å². The maximum absolute atomic E-state index is 5.73. The van der Waals surface area contributed by atoms with Crippen molar-refractivity contribution in [2.24, 2.45) is 0 Å². The second-order valence-corrected chi connectivity index (χ2v) is 6.30. The Hall–Kier alpha value is -1.17. The maximum atomic E-state index is 5.73. The monoisotopic (exact) mass is 306 g/mol. The van der Waals surface area contributed by atoms with E-state index in [0.29, 0.717) is 6.10 Å². The Kier molecular flexibility index (Phi) is 5.06. The molecule has 0 aliphatic carbocycles. The molecule has 21 heavy (non-hydrogen) atoms. The first-order chi connectivity index (χ1) is 10.3. The fraction of sp³-hybridized carbons (Fsp3) is 0.562. The number of ether oxygens (including phenoxy) is 1. The van der Waals surface area contributed by atoms with E-state index in [1.165, 1.54) is 23.3 Å². The van der Waals surface area contributed by atoms with Gasteiger partial charge in [-0.3, -0.25) is 4.90 Å². The normalized spacial score (nSPS) is 25.9. The quantitative estimate of drug-likeness (QED) is 0.771. The van der Waals surface area contributed by atoms with Crippen LogP contribution in [0.5, 0.6) is 0 Å². The molecule has 0 amide bonds. The highest BCUT2D eigenvalue weighted by Gasteiger charge is 2.27. The smallest absolute Gasteiger partial charge is 0.177 e. The van der Waals surface area contributed by atoms with Crippen LogP contribution < -0.4 is 10.2 Å². The Balaban J connectivity index is 1.49. The summed E-state index contributed by atoms with van der Waals surface area (Å²) in [4.78, 5) is 3.81. The molecule has 1 aromatic carbocycles. The van der Waals surface area contributed by atoms with Crippen molar-refractivity contribution in [3.8, 4) is 0 Å². The molecule has 1 unspecified atom stereocenters. The van der Waals surface area contributed by atoms with Crippen molar-refractivity contribution in [2.45, 2.75) is 25.4 Å². The van der Waals surface area contributed by atoms with Crippen LogP contribution in [0.15, 0.2) is 30.3 Å². The fourth-order valence-electron chi connectivity index (χ4n) is 3.02. The number of thiocarbonyl (C=S) groups is 1. The average Bonchev–Trinajstić information content (AvgIpc) is 3.02. The molecular weight excluding hydrogens is 282 g/mol. The van der Waals surface area contributed by atoms with Gasteiger partial charge in [-0.15, -0.1) is 0 Å². The van der Waals surface area contributed by atoms with Crippen LogP contribution in [0.25, 0.3) is 0 Å². The van der Waals surface area contributed by atoms with Crippen molar-refractivity contribution in [3.63, 3.8) is 0 Å². The number of nitrogens with zero attached hydrogens (tertiary/aromatic N) is 1. The van der Waals surface area contributed by atoms with E-state index < -0.39 is 0 Å². The number of nitrogens with one attached hydrogen (secondary N) is 2. The summed E-state index contributed by atoms with van der Waals surface area (Å²) >= 11 is 5.44. The van der Waals surface area contributed by atoms with Crippen molar-refractivity contribution in [1.29, 1.82) is 0 Å². The van der Waals surface area contributed by atoms with E-state index in [1.807, 2.05) is 0 Å². The first kappa shape index (κ1) is 14.8. The zero-order chi connectivity index (χ0) is 14.5. The van der Waals surface area contributed by atoms with Gasteiger partial charge in [0.1, 0.15) is 0 Å². The molecule has 1 aromatic rings. The summed E-state index contributed by atoms with van der Waals surface area (Å²) in [7, 11) is 0. The third kappa shape index (κ3) is 4.15. The summed E-state index contributed by atoms with van der Waals surface area (Å²) in [5, 5.41) is 4.24. The van der Waals surface area contributed by atoms with E-state index in [4.69, 9.17) is 17.0 Å². The van der Waals surface area contributed by atoms with Crippen LogP contribution in [-0.4, -0.2) is 49.2 Å². The Morgan fingerprint density at radius 3 is 2.95 bits per heavy atom. The Morgan fingerprint density at radius 1 is 1.33 bits per heavy atom. The minimum atomic E-state index is 0.359. The van der Waals surface area contributed by atoms with Gasteiger partial charge in [-0.25, -0.2) is 0 Å². The summed E-state index contributed by atoms with van der Waals surface area (Å²) < 4.78 is 5.73. The first-order valence-electron chi connectivity index (χ1n) is 7.83. The second kappa shape index (κ2) is 7.20. The molecule has 5 heteroatoms. The molecule has 2 atom stereocenters. The SMILES string of the molecule is S=C1NC[NH+](CCc2ccccc2)CN1C[C@H]1CCCO1. The molecule has 2 aliphatic heterocycles. The summed E-state index contributed by atoms with van der Waals surface area (Å²) in [5.74, 6) is 0. The molecule has 0 aromatic heterocycles. The lowest BCUT2D eigenvalue weighted by atomic mass is 10.1. The minimum Gasteiger partial charge on any atom is -0.376 e. The topological polar surface area (TPSA) is 28.9 Å². The van der Waals surface area contributed by atoms with E-state index in [0.717, 1.165) is 44.6 Å². The molecule has 2 aliphatic rings. The van der Waals surface area contributed by atoms with E-state index in [2.05, 4.69) is 40.5 Å². The van der Waals surface area contributed by atoms with E-state index in [9.17, 15) is 0 Å². The van der Waals surface area contributed by atoms with Crippen LogP contribution >= 0.6 is 12.2 Å². The van der Waals surface area contributed by atoms with E-state index in [1.54, 1.807) is 0 Å². The fourth-order valence-corrected chi connectivity index (χ4v) is 3.24. The van der Waals surface area contributed by atoms with Gasteiger partial charge >= 0.3 is 0 Å². The number of rotatable bonds is 5. The molecule has 0 bridgehead atoms. The second-order valence-electron chi connectivity index (χ2n) is 5.91. The predicted octanol–water partition coefficient (Wildman–Crippen LogP) is 0.398. The van der Waals surface area contributed by atoms with Gasteiger partial charge in [0, 0.05) is 13.0 Å². The third-order valence-corrected chi connectivity index (χ3v) is 4.65. The van der Waals surface area contributed by atoms with Crippen molar-refractivity contribution < 1.29 is 9.64 Å². The number of hydrogen-bond acceptors (Lipinski definition) is 2. The largest absolute Gasteiger partial charge is 0.376 e. The van der Waals surface area contributed by atoms with Gasteiger partial charge in [-0.2, -0.15) is 0 Å². The van der Waals surface area contributed by atoms with Gasteiger partial charge in [0.2, 0.25) is 0 Å². The van der Waals surface area contributed by atoms with Crippen molar-refractivity contribution in [2.75, 3.05) is 33.0 Å². The lowest BCUT2D eigenvalue weighted by Gasteiger charge is -2.36. The lowest BCUT2D eigenvalue weighted by Crippen LogP contribution is -3.17. The maximum Gasteiger partial charge on any atom is 0.177 e. The highest BCUT2D eigenvalue weighted by molar-refractivity contribution is 7.80. The molecule has 2 saturated heterocycles. The minimum absolute atomic E-state index is 0.359. The molecule has 2 N–H and O–H groups in total. The predicted molar refractivity (Wildman–Crippen MR) is 87.1 cm³/mol. The molecule has 4 nitrogen and oxygen atoms in total. The number of quaternary nitrogens is 1. The summed E-state index contributed by atoms with van der Waals surface area (Å²) in [6.45, 7) is 4.87. The molecule has 0 radical (unpaired) electrons. The molecule has 2 heterocycles. The highest BCUT2D eigenvalue weighted by atomic mass is 32.1. The zero-order valence-electron chi connectivity index (χ0n) is 12.4. The van der Waals surface area contributed by atoms with Crippen LogP contribution in [0.4, 0.5) is 0 Å². The molecule has 0 saturated carbocycles. The molecular formula is C16H24N3OS+. The number of hydrogen-bond donors (Lipinski definition) is 2. The third-order valence-electron chi connectivity index (χ3n) is 4.25. The Labute approximate surface area is 132 Å². The number of benzene rings is 1. The lowest BCUT2D eigenvalue weighted by molar-refractivity contribution is -0.914. The van der Waals surface area contributed by atoms with Gasteiger partial charge in [0.05, 0.1) is 19.2 Å². The zero-order valence-corrected chi connectivity index (χ0v) is 13.2. The first-order valence-corrected chi connectivity index (χ1v) is 8.24. The van der Waals surface area contributed by atoms with Crippen LogP contribution in [0.3, 0.4) is 0 Å².